The monoisotopic (exact) mass is 472 g/mol. The van der Waals surface area contributed by atoms with Crippen molar-refractivity contribution >= 4 is 17.7 Å². The predicted octanol–water partition coefficient (Wildman–Crippen LogP) is 3.20. The van der Waals surface area contributed by atoms with Gasteiger partial charge in [-0.25, -0.2) is 4.98 Å². The highest BCUT2D eigenvalue weighted by Crippen LogP contribution is 2.34. The molecule has 2 aliphatic heterocycles. The van der Waals surface area contributed by atoms with Gasteiger partial charge in [0.2, 0.25) is 11.8 Å². The van der Waals surface area contributed by atoms with Crippen LogP contribution in [0.1, 0.15) is 57.1 Å². The summed E-state index contributed by atoms with van der Waals surface area (Å²) in [7, 11) is 0. The van der Waals surface area contributed by atoms with E-state index in [-0.39, 0.29) is 18.2 Å². The molecule has 1 N–H and O–H groups in total. The van der Waals surface area contributed by atoms with E-state index in [0.717, 1.165) is 29.2 Å². The van der Waals surface area contributed by atoms with Crippen LogP contribution in [0.2, 0.25) is 0 Å². The molecule has 0 aliphatic carbocycles. The van der Waals surface area contributed by atoms with Gasteiger partial charge in [0.15, 0.2) is 0 Å². The Labute approximate surface area is 203 Å². The summed E-state index contributed by atoms with van der Waals surface area (Å²) in [4.78, 5) is 42.9. The number of benzene rings is 2. The van der Waals surface area contributed by atoms with Gasteiger partial charge in [-0.05, 0) is 50.5 Å². The molecule has 0 spiro atoms. The number of carbonyl (C=O) groups is 3. The van der Waals surface area contributed by atoms with Crippen molar-refractivity contribution in [1.29, 1.82) is 0 Å². The number of hydrogen-bond acceptors (Lipinski definition) is 5. The van der Waals surface area contributed by atoms with E-state index in [1.54, 1.807) is 12.1 Å². The van der Waals surface area contributed by atoms with Crippen molar-refractivity contribution in [2.45, 2.75) is 59.4 Å². The van der Waals surface area contributed by atoms with Crippen LogP contribution in [0.3, 0.4) is 0 Å². The highest BCUT2D eigenvalue weighted by molar-refractivity contribution is 6.05. The van der Waals surface area contributed by atoms with Crippen LogP contribution in [-0.2, 0) is 29.3 Å². The predicted molar refractivity (Wildman–Crippen MR) is 129 cm³/mol. The van der Waals surface area contributed by atoms with Crippen LogP contribution >= 0.6 is 0 Å². The van der Waals surface area contributed by atoms with Gasteiger partial charge in [-0.15, -0.1) is 0 Å². The maximum Gasteiger partial charge on any atom is 0.255 e. The summed E-state index contributed by atoms with van der Waals surface area (Å²) in [6, 6.07) is 13.0. The average Bonchev–Trinajstić information content (AvgIpc) is 3.29. The summed E-state index contributed by atoms with van der Waals surface area (Å²) in [5.74, 6) is 0.725. The molecule has 1 unspecified atom stereocenters. The summed E-state index contributed by atoms with van der Waals surface area (Å²) in [6.07, 6.45) is 0.570. The molecule has 1 fully saturated rings. The van der Waals surface area contributed by atoms with Crippen molar-refractivity contribution in [3.63, 3.8) is 0 Å². The molecule has 0 saturated carbocycles. The molecule has 5 rings (SSSR count). The molecule has 2 aromatic carbocycles. The van der Waals surface area contributed by atoms with Crippen LogP contribution in [-0.4, -0.2) is 38.2 Å². The highest BCUT2D eigenvalue weighted by Gasteiger charge is 2.40. The molecule has 1 saturated heterocycles. The lowest BCUT2D eigenvalue weighted by molar-refractivity contribution is -0.136. The maximum absolute atomic E-state index is 13.0. The van der Waals surface area contributed by atoms with E-state index < -0.39 is 11.9 Å². The molecule has 0 radical (unpaired) electrons. The third kappa shape index (κ3) is 4.32. The lowest BCUT2D eigenvalue weighted by Gasteiger charge is -2.29. The summed E-state index contributed by atoms with van der Waals surface area (Å²) in [5, 5.41) is 2.33. The second kappa shape index (κ2) is 9.02. The zero-order valence-electron chi connectivity index (χ0n) is 20.1. The number of imide groups is 1. The van der Waals surface area contributed by atoms with E-state index >= 15 is 0 Å². The quantitative estimate of drug-likeness (QED) is 0.556. The first-order valence-electron chi connectivity index (χ1n) is 11.8. The SMILES string of the molecule is Cc1nc(C)n(Cc2ccc(COc3cccc4c3CN(C3CCC(=O)NC3=O)C4=O)cc2)c1C. The van der Waals surface area contributed by atoms with E-state index in [1.165, 1.54) is 16.2 Å². The van der Waals surface area contributed by atoms with Gasteiger partial charge in [0, 0.05) is 29.8 Å². The Balaban J connectivity index is 1.26. The molecular formula is C27H28N4O4. The highest BCUT2D eigenvalue weighted by atomic mass is 16.5. The van der Waals surface area contributed by atoms with Gasteiger partial charge >= 0.3 is 0 Å². The minimum absolute atomic E-state index is 0.204. The third-order valence-electron chi connectivity index (χ3n) is 6.95. The molecular weight excluding hydrogens is 444 g/mol. The van der Waals surface area contributed by atoms with Gasteiger partial charge in [-0.2, -0.15) is 0 Å². The van der Waals surface area contributed by atoms with E-state index in [4.69, 9.17) is 4.74 Å². The number of rotatable bonds is 6. The van der Waals surface area contributed by atoms with Crippen LogP contribution in [0, 0.1) is 20.8 Å². The van der Waals surface area contributed by atoms with Crippen molar-refractivity contribution in [2.75, 3.05) is 0 Å². The molecule has 1 aromatic heterocycles. The maximum atomic E-state index is 13.0. The van der Waals surface area contributed by atoms with Crippen molar-refractivity contribution in [1.82, 2.24) is 19.8 Å². The lowest BCUT2D eigenvalue weighted by atomic mass is 10.0. The van der Waals surface area contributed by atoms with Crippen molar-refractivity contribution in [3.05, 3.63) is 81.9 Å². The Bertz CT molecular complexity index is 1330. The zero-order valence-corrected chi connectivity index (χ0v) is 20.1. The number of amides is 3. The summed E-state index contributed by atoms with van der Waals surface area (Å²) < 4.78 is 8.32. The minimum atomic E-state index is -0.639. The van der Waals surface area contributed by atoms with Gasteiger partial charge in [0.05, 0.1) is 12.2 Å². The fourth-order valence-corrected chi connectivity index (χ4v) is 4.83. The van der Waals surface area contributed by atoms with E-state index in [0.29, 0.717) is 30.9 Å². The second-order valence-corrected chi connectivity index (χ2v) is 9.20. The molecule has 3 aromatic rings. The molecule has 1 atom stereocenters. The van der Waals surface area contributed by atoms with Crippen molar-refractivity contribution in [3.8, 4) is 5.75 Å². The van der Waals surface area contributed by atoms with Gasteiger partial charge in [0.25, 0.3) is 5.91 Å². The number of fused-ring (bicyclic) bond motifs is 1. The Kier molecular flexibility index (Phi) is 5.88. The van der Waals surface area contributed by atoms with Crippen LogP contribution in [0.5, 0.6) is 5.75 Å². The van der Waals surface area contributed by atoms with Crippen LogP contribution in [0.25, 0.3) is 0 Å². The summed E-state index contributed by atoms with van der Waals surface area (Å²) >= 11 is 0. The number of hydrogen-bond donors (Lipinski definition) is 1. The first kappa shape index (κ1) is 22.8. The number of aryl methyl sites for hydroxylation is 2. The third-order valence-corrected chi connectivity index (χ3v) is 6.95. The van der Waals surface area contributed by atoms with E-state index in [9.17, 15) is 14.4 Å². The number of nitrogens with zero attached hydrogens (tertiary/aromatic N) is 3. The smallest absolute Gasteiger partial charge is 0.255 e. The van der Waals surface area contributed by atoms with Crippen molar-refractivity contribution < 1.29 is 19.1 Å². The second-order valence-electron chi connectivity index (χ2n) is 9.20. The minimum Gasteiger partial charge on any atom is -0.489 e. The number of imidazole rings is 1. The van der Waals surface area contributed by atoms with Crippen LogP contribution < -0.4 is 10.1 Å². The summed E-state index contributed by atoms with van der Waals surface area (Å²) in [5.41, 5.74) is 5.76. The van der Waals surface area contributed by atoms with E-state index in [1.807, 2.05) is 32.0 Å². The Morgan fingerprint density at radius 2 is 1.77 bits per heavy atom. The fraction of sp³-hybridized carbons (Fsp3) is 0.333. The molecule has 3 heterocycles. The normalized spacial score (nSPS) is 17.5. The lowest BCUT2D eigenvalue weighted by Crippen LogP contribution is -2.52. The number of nitrogens with one attached hydrogen (secondary N) is 1. The first-order chi connectivity index (χ1) is 16.8. The molecule has 0 bridgehead atoms. The average molecular weight is 473 g/mol. The van der Waals surface area contributed by atoms with E-state index in [2.05, 4.69) is 33.9 Å². The molecule has 3 amide bonds. The number of carbonyl (C=O) groups excluding carboxylic acids is 3. The molecule has 8 heteroatoms. The molecule has 8 nitrogen and oxygen atoms in total. The molecule has 35 heavy (non-hydrogen) atoms. The topological polar surface area (TPSA) is 93.5 Å². The molecule has 2 aliphatic rings. The zero-order chi connectivity index (χ0) is 24.7. The van der Waals surface area contributed by atoms with Crippen LogP contribution in [0.4, 0.5) is 0 Å². The number of aromatic nitrogens is 2. The molecule has 180 valence electrons. The largest absolute Gasteiger partial charge is 0.489 e. The number of ether oxygens (including phenoxy) is 1. The fourth-order valence-electron chi connectivity index (χ4n) is 4.83. The van der Waals surface area contributed by atoms with Gasteiger partial charge in [0.1, 0.15) is 24.2 Å². The van der Waals surface area contributed by atoms with Crippen molar-refractivity contribution in [2.24, 2.45) is 0 Å². The standard InChI is InChI=1S/C27H28N4O4/c1-16-17(2)30(18(3)28-16)13-19-7-9-20(10-8-19)15-35-24-6-4-5-21-22(24)14-31(27(21)34)23-11-12-25(32)29-26(23)33/h4-10,23H,11-15H2,1-3H3,(H,29,32,33). The van der Waals surface area contributed by atoms with Crippen LogP contribution in [0.15, 0.2) is 42.5 Å². The van der Waals surface area contributed by atoms with Gasteiger partial charge in [-0.1, -0.05) is 30.3 Å². The number of piperidine rings is 1. The van der Waals surface area contributed by atoms with Gasteiger partial charge in [-0.3, -0.25) is 19.7 Å². The summed E-state index contributed by atoms with van der Waals surface area (Å²) in [6.45, 7) is 7.56. The van der Waals surface area contributed by atoms with Gasteiger partial charge < -0.3 is 14.2 Å². The Hall–Kier alpha value is -3.94. The Morgan fingerprint density at radius 3 is 2.46 bits per heavy atom. The first-order valence-corrected chi connectivity index (χ1v) is 11.8. The Morgan fingerprint density at radius 1 is 1.03 bits per heavy atom.